The second kappa shape index (κ2) is 3.78. The van der Waals surface area contributed by atoms with Crippen LogP contribution in [0.25, 0.3) is 0 Å². The first-order chi connectivity index (χ1) is 6.81. The third-order valence-corrected chi connectivity index (χ3v) is 2.36. The Labute approximate surface area is 83.1 Å². The summed E-state index contributed by atoms with van der Waals surface area (Å²) in [7, 11) is 0. The zero-order valence-corrected chi connectivity index (χ0v) is 8.25. The van der Waals surface area contributed by atoms with E-state index in [-0.39, 0.29) is 5.78 Å². The molecule has 0 N–H and O–H groups in total. The van der Waals surface area contributed by atoms with Crippen molar-refractivity contribution in [1.82, 2.24) is 4.98 Å². The molecule has 0 saturated carbocycles. The summed E-state index contributed by atoms with van der Waals surface area (Å²) in [5, 5.41) is 0. The quantitative estimate of drug-likeness (QED) is 0.717. The van der Waals surface area contributed by atoms with Gasteiger partial charge in [-0.25, -0.2) is 4.98 Å². The second-order valence-corrected chi connectivity index (χ2v) is 3.37. The van der Waals surface area contributed by atoms with E-state index in [1.54, 1.807) is 0 Å². The van der Waals surface area contributed by atoms with Crippen LogP contribution >= 0.6 is 0 Å². The Hall–Kier alpha value is -1.38. The maximum Gasteiger partial charge on any atom is 0.213 e. The van der Waals surface area contributed by atoms with Gasteiger partial charge in [-0.15, -0.1) is 0 Å². The zero-order valence-electron chi connectivity index (χ0n) is 8.25. The van der Waals surface area contributed by atoms with Gasteiger partial charge in [-0.1, -0.05) is 6.07 Å². The van der Waals surface area contributed by atoms with Gasteiger partial charge in [0.05, 0.1) is 6.61 Å². The molecule has 0 atom stereocenters. The number of hydrogen-bond acceptors (Lipinski definition) is 3. The standard InChI is InChI=1S/C11H13NO2/c1-2-14-10-7-6-8-4-3-5-9(13)11(8)12-10/h6-7H,2-5H2,1H3. The van der Waals surface area contributed by atoms with Gasteiger partial charge in [0.25, 0.3) is 0 Å². The number of ether oxygens (including phenoxy) is 1. The fraction of sp³-hybridized carbons (Fsp3) is 0.455. The lowest BCUT2D eigenvalue weighted by Gasteiger charge is -2.14. The van der Waals surface area contributed by atoms with Crippen LogP contribution in [0, 0.1) is 0 Å². The SMILES string of the molecule is CCOc1ccc2c(n1)C(=O)CCC2. The molecular weight excluding hydrogens is 178 g/mol. The van der Waals surface area contributed by atoms with Crippen LogP contribution in [0.3, 0.4) is 0 Å². The molecule has 1 heterocycles. The molecule has 1 aliphatic carbocycles. The zero-order chi connectivity index (χ0) is 9.97. The minimum atomic E-state index is 0.146. The van der Waals surface area contributed by atoms with E-state index in [2.05, 4.69) is 4.98 Å². The Balaban J connectivity index is 2.36. The van der Waals surface area contributed by atoms with Gasteiger partial charge in [-0.2, -0.15) is 0 Å². The summed E-state index contributed by atoms with van der Waals surface area (Å²) in [4.78, 5) is 15.7. The lowest BCUT2D eigenvalue weighted by molar-refractivity contribution is 0.0966. The van der Waals surface area contributed by atoms with Gasteiger partial charge in [0.2, 0.25) is 5.88 Å². The van der Waals surface area contributed by atoms with Crippen LogP contribution in [-0.4, -0.2) is 17.4 Å². The van der Waals surface area contributed by atoms with Crippen LogP contribution in [-0.2, 0) is 6.42 Å². The van der Waals surface area contributed by atoms with E-state index in [0.717, 1.165) is 18.4 Å². The fourth-order valence-electron chi connectivity index (χ4n) is 1.70. The summed E-state index contributed by atoms with van der Waals surface area (Å²) in [6, 6.07) is 3.78. The van der Waals surface area contributed by atoms with Gasteiger partial charge in [-0.05, 0) is 25.3 Å². The third-order valence-electron chi connectivity index (χ3n) is 2.36. The number of carbonyl (C=O) groups is 1. The molecule has 0 unspecified atom stereocenters. The van der Waals surface area contributed by atoms with Crippen LogP contribution in [0.2, 0.25) is 0 Å². The lowest BCUT2D eigenvalue weighted by atomic mass is 9.95. The molecule has 0 spiro atoms. The molecule has 0 saturated heterocycles. The summed E-state index contributed by atoms with van der Waals surface area (Å²) < 4.78 is 5.26. The van der Waals surface area contributed by atoms with Crippen molar-refractivity contribution in [3.05, 3.63) is 23.4 Å². The van der Waals surface area contributed by atoms with Crippen LogP contribution in [0.5, 0.6) is 5.88 Å². The van der Waals surface area contributed by atoms with Gasteiger partial charge >= 0.3 is 0 Å². The number of pyridine rings is 1. The highest BCUT2D eigenvalue weighted by Gasteiger charge is 2.18. The van der Waals surface area contributed by atoms with Gasteiger partial charge < -0.3 is 4.74 Å². The first kappa shape index (κ1) is 9.19. The third kappa shape index (κ3) is 1.62. The van der Waals surface area contributed by atoms with Gasteiger partial charge in [0.1, 0.15) is 5.69 Å². The smallest absolute Gasteiger partial charge is 0.213 e. The van der Waals surface area contributed by atoms with Crippen molar-refractivity contribution < 1.29 is 9.53 Å². The summed E-state index contributed by atoms with van der Waals surface area (Å²) in [5.41, 5.74) is 1.67. The molecule has 0 amide bonds. The van der Waals surface area contributed by atoms with Crippen molar-refractivity contribution in [3.63, 3.8) is 0 Å². The highest BCUT2D eigenvalue weighted by molar-refractivity contribution is 5.96. The van der Waals surface area contributed by atoms with E-state index in [9.17, 15) is 4.79 Å². The Kier molecular flexibility index (Phi) is 2.48. The Morgan fingerprint density at radius 1 is 1.43 bits per heavy atom. The molecule has 0 radical (unpaired) electrons. The van der Waals surface area contributed by atoms with Crippen molar-refractivity contribution in [2.24, 2.45) is 0 Å². The van der Waals surface area contributed by atoms with E-state index in [1.165, 1.54) is 0 Å². The van der Waals surface area contributed by atoms with E-state index in [0.29, 0.717) is 24.6 Å². The topological polar surface area (TPSA) is 39.2 Å². The summed E-state index contributed by atoms with van der Waals surface area (Å²) >= 11 is 0. The Bertz CT molecular complexity index is 360. The fourth-order valence-corrected chi connectivity index (χ4v) is 1.70. The molecule has 1 aliphatic rings. The molecule has 3 heteroatoms. The largest absolute Gasteiger partial charge is 0.478 e. The van der Waals surface area contributed by atoms with Crippen molar-refractivity contribution in [2.75, 3.05) is 6.61 Å². The number of Topliss-reactive ketones (excluding diaryl/α,β-unsaturated/α-hetero) is 1. The Morgan fingerprint density at radius 3 is 3.07 bits per heavy atom. The van der Waals surface area contributed by atoms with Crippen molar-refractivity contribution in [1.29, 1.82) is 0 Å². The number of carbonyl (C=O) groups excluding carboxylic acids is 1. The maximum absolute atomic E-state index is 11.5. The number of nitrogens with zero attached hydrogens (tertiary/aromatic N) is 1. The summed E-state index contributed by atoms with van der Waals surface area (Å²) in [6.45, 7) is 2.49. The summed E-state index contributed by atoms with van der Waals surface area (Å²) in [5.74, 6) is 0.703. The molecule has 1 aromatic rings. The average molecular weight is 191 g/mol. The molecule has 3 nitrogen and oxygen atoms in total. The van der Waals surface area contributed by atoms with Crippen molar-refractivity contribution >= 4 is 5.78 Å². The van der Waals surface area contributed by atoms with E-state index >= 15 is 0 Å². The number of aromatic nitrogens is 1. The first-order valence-electron chi connectivity index (χ1n) is 4.97. The molecule has 2 rings (SSSR count). The van der Waals surface area contributed by atoms with E-state index in [4.69, 9.17) is 4.74 Å². The molecule has 14 heavy (non-hydrogen) atoms. The van der Waals surface area contributed by atoms with Gasteiger partial charge in [0, 0.05) is 12.5 Å². The molecule has 1 aromatic heterocycles. The highest BCUT2D eigenvalue weighted by atomic mass is 16.5. The Morgan fingerprint density at radius 2 is 2.29 bits per heavy atom. The molecule has 0 bridgehead atoms. The molecule has 74 valence electrons. The average Bonchev–Trinajstić information content (AvgIpc) is 2.20. The minimum Gasteiger partial charge on any atom is -0.478 e. The van der Waals surface area contributed by atoms with Crippen LogP contribution in [0.1, 0.15) is 35.8 Å². The predicted octanol–water partition coefficient (Wildman–Crippen LogP) is 2.00. The number of rotatable bonds is 2. The van der Waals surface area contributed by atoms with Gasteiger partial charge in [0.15, 0.2) is 5.78 Å². The maximum atomic E-state index is 11.5. The normalized spacial score (nSPS) is 15.1. The van der Waals surface area contributed by atoms with Crippen molar-refractivity contribution in [2.45, 2.75) is 26.2 Å². The highest BCUT2D eigenvalue weighted by Crippen LogP contribution is 2.21. The molecule has 0 fully saturated rings. The number of fused-ring (bicyclic) bond motifs is 1. The molecule has 0 aromatic carbocycles. The molecule has 0 aliphatic heterocycles. The van der Waals surface area contributed by atoms with E-state index in [1.807, 2.05) is 19.1 Å². The van der Waals surface area contributed by atoms with Crippen LogP contribution in [0.4, 0.5) is 0 Å². The van der Waals surface area contributed by atoms with Crippen LogP contribution < -0.4 is 4.74 Å². The van der Waals surface area contributed by atoms with Crippen molar-refractivity contribution in [3.8, 4) is 5.88 Å². The number of aryl methyl sites for hydroxylation is 1. The minimum absolute atomic E-state index is 0.146. The lowest BCUT2D eigenvalue weighted by Crippen LogP contribution is -2.13. The summed E-state index contributed by atoms with van der Waals surface area (Å²) in [6.07, 6.45) is 2.53. The van der Waals surface area contributed by atoms with Crippen LogP contribution in [0.15, 0.2) is 12.1 Å². The monoisotopic (exact) mass is 191 g/mol. The van der Waals surface area contributed by atoms with Gasteiger partial charge in [-0.3, -0.25) is 4.79 Å². The first-order valence-corrected chi connectivity index (χ1v) is 4.97. The second-order valence-electron chi connectivity index (χ2n) is 3.37. The number of hydrogen-bond donors (Lipinski definition) is 0. The predicted molar refractivity (Wildman–Crippen MR) is 52.7 cm³/mol. The van der Waals surface area contributed by atoms with E-state index < -0.39 is 0 Å². The number of ketones is 1. The molecular formula is C11H13NO2.